The van der Waals surface area contributed by atoms with E-state index in [-0.39, 0.29) is 52.2 Å². The normalized spacial score (nSPS) is 29.9. The molecule has 2 bridgehead atoms. The van der Waals surface area contributed by atoms with Gasteiger partial charge in [-0.15, -0.1) is 0 Å². The smallest absolute Gasteiger partial charge is 0.348 e. The lowest BCUT2D eigenvalue weighted by molar-refractivity contribution is -0.201. The van der Waals surface area contributed by atoms with Gasteiger partial charge in [-0.1, -0.05) is 38.1 Å². The summed E-state index contributed by atoms with van der Waals surface area (Å²) in [4.78, 5) is 83.9. The van der Waals surface area contributed by atoms with Crippen LogP contribution < -0.4 is 10.6 Å². The van der Waals surface area contributed by atoms with Gasteiger partial charge in [0.25, 0.3) is 0 Å². The van der Waals surface area contributed by atoms with Crippen molar-refractivity contribution in [2.24, 2.45) is 10.8 Å². The molecular formula is C38H49N3O14. The third-order valence-electron chi connectivity index (χ3n) is 10.3. The number of aliphatic hydroxyl groups is 1. The van der Waals surface area contributed by atoms with Crippen molar-refractivity contribution < 1.29 is 67.1 Å². The number of hydrogen-bond donors (Lipinski definition) is 3. The van der Waals surface area contributed by atoms with E-state index in [1.807, 2.05) is 0 Å². The maximum atomic E-state index is 14.2. The van der Waals surface area contributed by atoms with Crippen LogP contribution in [-0.2, 0) is 68.6 Å². The second kappa shape index (κ2) is 16.0. The average molecular weight is 772 g/mol. The van der Waals surface area contributed by atoms with E-state index in [1.165, 1.54) is 17.2 Å². The SMILES string of the molecule is CC(C)(C)OC(=O)CCC(CO)NC(=O)CCNC(=O)C12CC3OC(=O)C1N(Cc1cccc(C=CC(=O)OC4C(=O)OCC4(C)C)c1)OC2C1OCOC31. The molecule has 5 aliphatic rings. The maximum absolute atomic E-state index is 14.2. The Balaban J connectivity index is 1.11. The van der Waals surface area contributed by atoms with Crippen molar-refractivity contribution in [3.63, 3.8) is 0 Å². The van der Waals surface area contributed by atoms with E-state index in [0.717, 1.165) is 0 Å². The van der Waals surface area contributed by atoms with E-state index in [2.05, 4.69) is 10.6 Å². The van der Waals surface area contributed by atoms with Gasteiger partial charge in [-0.3, -0.25) is 24.0 Å². The number of hydrogen-bond acceptors (Lipinski definition) is 15. The van der Waals surface area contributed by atoms with Crippen LogP contribution in [0.1, 0.15) is 71.4 Å². The number of carbonyl (C=O) groups excluding carboxylic acids is 6. The summed E-state index contributed by atoms with van der Waals surface area (Å²) >= 11 is 0. The molecule has 1 saturated carbocycles. The van der Waals surface area contributed by atoms with Crippen molar-refractivity contribution in [3.8, 4) is 0 Å². The fourth-order valence-corrected chi connectivity index (χ4v) is 7.71. The fourth-order valence-electron chi connectivity index (χ4n) is 7.71. The molecule has 0 spiro atoms. The lowest BCUT2D eigenvalue weighted by Crippen LogP contribution is -2.69. The van der Waals surface area contributed by atoms with Crippen molar-refractivity contribution in [1.82, 2.24) is 15.7 Å². The first-order valence-corrected chi connectivity index (χ1v) is 18.4. The van der Waals surface area contributed by atoms with Crippen LogP contribution in [0.25, 0.3) is 6.08 Å². The highest BCUT2D eigenvalue weighted by Crippen LogP contribution is 2.55. The van der Waals surface area contributed by atoms with E-state index in [4.69, 9.17) is 33.3 Å². The third-order valence-corrected chi connectivity index (χ3v) is 10.3. The minimum atomic E-state index is -1.44. The molecule has 3 N–H and O–H groups in total. The number of nitrogens with one attached hydrogen (secondary N) is 2. The summed E-state index contributed by atoms with van der Waals surface area (Å²) in [5.41, 5.74) is -1.45. The minimum Gasteiger partial charge on any atom is -0.462 e. The molecule has 55 heavy (non-hydrogen) atoms. The van der Waals surface area contributed by atoms with Crippen molar-refractivity contribution in [2.75, 3.05) is 26.6 Å². The van der Waals surface area contributed by atoms with Crippen molar-refractivity contribution in [1.29, 1.82) is 0 Å². The molecule has 4 aliphatic heterocycles. The first-order valence-electron chi connectivity index (χ1n) is 18.4. The molecule has 4 heterocycles. The quantitative estimate of drug-likeness (QED) is 0.136. The van der Waals surface area contributed by atoms with Crippen LogP contribution in [0, 0.1) is 10.8 Å². The van der Waals surface area contributed by atoms with Gasteiger partial charge in [0.05, 0.1) is 19.2 Å². The topological polar surface area (TPSA) is 215 Å². The number of nitrogens with zero attached hydrogens (tertiary/aromatic N) is 1. The second-order valence-corrected chi connectivity index (χ2v) is 16.2. The zero-order valence-electron chi connectivity index (χ0n) is 31.6. The molecule has 0 aromatic heterocycles. The molecule has 17 heteroatoms. The van der Waals surface area contributed by atoms with Gasteiger partial charge < -0.3 is 44.2 Å². The number of amides is 2. The maximum Gasteiger partial charge on any atom is 0.348 e. The summed E-state index contributed by atoms with van der Waals surface area (Å²) in [7, 11) is 0. The number of hydroxylamine groups is 2. The Morgan fingerprint density at radius 3 is 2.56 bits per heavy atom. The third kappa shape index (κ3) is 8.70. The molecule has 6 rings (SSSR count). The van der Waals surface area contributed by atoms with E-state index in [0.29, 0.717) is 11.1 Å². The summed E-state index contributed by atoms with van der Waals surface area (Å²) in [5, 5.41) is 16.7. The average Bonchev–Trinajstić information content (AvgIpc) is 3.81. The highest BCUT2D eigenvalue weighted by Gasteiger charge is 2.74. The van der Waals surface area contributed by atoms with E-state index in [9.17, 15) is 33.9 Å². The molecular weight excluding hydrogens is 722 g/mol. The number of aliphatic hydroxyl groups excluding tert-OH is 1. The zero-order valence-corrected chi connectivity index (χ0v) is 31.6. The number of rotatable bonds is 14. The Bertz CT molecular complexity index is 1710. The van der Waals surface area contributed by atoms with Crippen LogP contribution in [0.3, 0.4) is 0 Å². The molecule has 0 radical (unpaired) electrons. The fraction of sp³-hybridized carbons (Fsp3) is 0.632. The van der Waals surface area contributed by atoms with Gasteiger partial charge in [0.15, 0.2) is 6.04 Å². The minimum absolute atomic E-state index is 0.000505. The first-order chi connectivity index (χ1) is 26.0. The van der Waals surface area contributed by atoms with Gasteiger partial charge in [0, 0.05) is 37.3 Å². The number of esters is 4. The summed E-state index contributed by atoms with van der Waals surface area (Å²) in [6, 6.07) is 5.23. The Labute approximate surface area is 318 Å². The number of cyclic esters (lactones) is 1. The van der Waals surface area contributed by atoms with Gasteiger partial charge in [0.1, 0.15) is 48.8 Å². The predicted molar refractivity (Wildman–Crippen MR) is 188 cm³/mol. The lowest BCUT2D eigenvalue weighted by Gasteiger charge is -2.48. The second-order valence-electron chi connectivity index (χ2n) is 16.2. The van der Waals surface area contributed by atoms with E-state index in [1.54, 1.807) is 58.9 Å². The highest BCUT2D eigenvalue weighted by atomic mass is 16.8. The largest absolute Gasteiger partial charge is 0.462 e. The van der Waals surface area contributed by atoms with Gasteiger partial charge in [0.2, 0.25) is 17.9 Å². The Morgan fingerprint density at radius 1 is 1.09 bits per heavy atom. The van der Waals surface area contributed by atoms with Crippen LogP contribution in [0.5, 0.6) is 0 Å². The first kappa shape index (κ1) is 40.2. The molecule has 300 valence electrons. The van der Waals surface area contributed by atoms with Crippen molar-refractivity contribution in [2.45, 2.75) is 115 Å². The van der Waals surface area contributed by atoms with Gasteiger partial charge in [-0.2, -0.15) is 5.06 Å². The number of carbonyl (C=O) groups is 6. The summed E-state index contributed by atoms with van der Waals surface area (Å²) in [6.07, 6.45) is -1.17. The van der Waals surface area contributed by atoms with Crippen LogP contribution in [0.15, 0.2) is 30.3 Å². The monoisotopic (exact) mass is 771 g/mol. The van der Waals surface area contributed by atoms with Crippen LogP contribution in [0.4, 0.5) is 0 Å². The van der Waals surface area contributed by atoms with E-state index >= 15 is 0 Å². The molecule has 1 aromatic rings. The molecule has 1 aliphatic carbocycles. The number of ether oxygens (including phenoxy) is 6. The Kier molecular flexibility index (Phi) is 11.7. The predicted octanol–water partition coefficient (Wildman–Crippen LogP) is 0.841. The number of fused-ring (bicyclic) bond motifs is 4. The molecule has 8 unspecified atom stereocenters. The summed E-state index contributed by atoms with van der Waals surface area (Å²) in [5.74, 6) is -3.38. The van der Waals surface area contributed by atoms with Gasteiger partial charge >= 0.3 is 23.9 Å². The number of benzene rings is 1. The summed E-state index contributed by atoms with van der Waals surface area (Å²) in [6.45, 7) is 8.44. The standard InChI is InChI=1S/C38H49N3O14/c1-36(2,3)54-27(45)12-10-23(18-42)40-25(43)13-14-39-35(48)38-16-24-28-29(51-20-50-28)31(38)55-41(30(38)33(46)52-24)17-22-8-6-7-21(15-22)9-11-26(44)53-32-34(47)49-19-37(32,4)5/h6-9,11,15,23-24,28-32,42H,10,12-14,16-20H2,1-5H3,(H,39,48)(H,40,43). The van der Waals surface area contributed by atoms with Gasteiger partial charge in [-0.25, -0.2) is 9.59 Å². The molecule has 8 atom stereocenters. The molecule has 4 saturated heterocycles. The van der Waals surface area contributed by atoms with Crippen molar-refractivity contribution in [3.05, 3.63) is 41.5 Å². The van der Waals surface area contributed by atoms with Crippen LogP contribution >= 0.6 is 0 Å². The summed E-state index contributed by atoms with van der Waals surface area (Å²) < 4.78 is 33.2. The highest BCUT2D eigenvalue weighted by molar-refractivity contribution is 5.94. The van der Waals surface area contributed by atoms with Gasteiger partial charge in [-0.05, 0) is 44.4 Å². The Morgan fingerprint density at radius 2 is 1.85 bits per heavy atom. The molecule has 1 aromatic carbocycles. The van der Waals surface area contributed by atoms with Crippen molar-refractivity contribution >= 4 is 41.8 Å². The van der Waals surface area contributed by atoms with E-state index < -0.39 is 101 Å². The molecule has 5 fully saturated rings. The molecule has 17 nitrogen and oxygen atoms in total. The lowest BCUT2D eigenvalue weighted by atomic mass is 9.62. The zero-order chi connectivity index (χ0) is 39.7. The van der Waals surface area contributed by atoms with Crippen LogP contribution in [0.2, 0.25) is 0 Å². The molecule has 2 amide bonds. The Hall–Kier alpha value is -4.42. The van der Waals surface area contributed by atoms with Crippen LogP contribution in [-0.4, -0.2) is 121 Å².